The maximum atomic E-state index is 5.17. The van der Waals surface area contributed by atoms with Crippen LogP contribution in [0.15, 0.2) is 0 Å². The van der Waals surface area contributed by atoms with Crippen molar-refractivity contribution >= 4 is 0 Å². The molecule has 9 heavy (non-hydrogen) atoms. The summed E-state index contributed by atoms with van der Waals surface area (Å²) in [5, 5.41) is 3.35. The number of hydrogen-bond acceptors (Lipinski definition) is 2. The van der Waals surface area contributed by atoms with E-state index in [2.05, 4.69) is 5.32 Å². The number of likely N-dealkylation sites (N-methyl/N-ethyl adjacent to an activating group) is 1. The molecule has 2 heteroatoms. The van der Waals surface area contributed by atoms with Crippen molar-refractivity contribution < 1.29 is 4.74 Å². The Balaban J connectivity index is 1.99. The lowest BCUT2D eigenvalue weighted by Gasteiger charge is -2.41. The van der Waals surface area contributed by atoms with Gasteiger partial charge in [-0.2, -0.15) is 0 Å². The third-order valence-electron chi connectivity index (χ3n) is 2.58. The maximum Gasteiger partial charge on any atom is 0.0679 e. The van der Waals surface area contributed by atoms with Gasteiger partial charge in [-0.25, -0.2) is 0 Å². The van der Waals surface area contributed by atoms with Crippen LogP contribution in [0, 0.1) is 5.92 Å². The van der Waals surface area contributed by atoms with Crippen LogP contribution in [0.3, 0.4) is 0 Å². The van der Waals surface area contributed by atoms with Crippen LogP contribution in [0.1, 0.15) is 12.8 Å². The van der Waals surface area contributed by atoms with Crippen molar-refractivity contribution in [3.63, 3.8) is 0 Å². The third kappa shape index (κ3) is 0.700. The van der Waals surface area contributed by atoms with Gasteiger partial charge in [0, 0.05) is 0 Å². The Morgan fingerprint density at radius 1 is 1.44 bits per heavy atom. The lowest BCUT2D eigenvalue weighted by atomic mass is 9.92. The smallest absolute Gasteiger partial charge is 0.0679 e. The average molecular weight is 127 g/mol. The van der Waals surface area contributed by atoms with Crippen molar-refractivity contribution in [3.8, 4) is 0 Å². The second kappa shape index (κ2) is 1.70. The van der Waals surface area contributed by atoms with E-state index >= 15 is 0 Å². The summed E-state index contributed by atoms with van der Waals surface area (Å²) in [5.74, 6) is 0.927. The quantitative estimate of drug-likeness (QED) is 0.579. The number of hydrogen-bond donors (Lipinski definition) is 1. The van der Waals surface area contributed by atoms with Crippen molar-refractivity contribution in [3.05, 3.63) is 0 Å². The second-order valence-corrected chi connectivity index (χ2v) is 3.17. The molecule has 0 unspecified atom stereocenters. The fourth-order valence-corrected chi connectivity index (χ4v) is 1.54. The maximum absolute atomic E-state index is 5.17. The molecule has 0 radical (unpaired) electrons. The molecule has 1 saturated heterocycles. The highest BCUT2D eigenvalue weighted by Crippen LogP contribution is 2.43. The highest BCUT2D eigenvalue weighted by atomic mass is 16.5. The van der Waals surface area contributed by atoms with Crippen LogP contribution in [0.25, 0.3) is 0 Å². The molecule has 0 aromatic carbocycles. The molecule has 0 spiro atoms. The van der Waals surface area contributed by atoms with E-state index in [1.54, 1.807) is 0 Å². The molecule has 2 fully saturated rings. The SMILES string of the molecule is CNC1(C2CC2)COC1. The van der Waals surface area contributed by atoms with Gasteiger partial charge in [0.1, 0.15) is 0 Å². The van der Waals surface area contributed by atoms with Gasteiger partial charge in [0.05, 0.1) is 18.8 Å². The van der Waals surface area contributed by atoms with Gasteiger partial charge in [0.15, 0.2) is 0 Å². The van der Waals surface area contributed by atoms with Crippen molar-refractivity contribution in [2.45, 2.75) is 18.4 Å². The molecule has 0 aromatic heterocycles. The fraction of sp³-hybridized carbons (Fsp3) is 1.00. The molecule has 2 nitrogen and oxygen atoms in total. The van der Waals surface area contributed by atoms with Crippen LogP contribution in [-0.2, 0) is 4.74 Å². The monoisotopic (exact) mass is 127 g/mol. The summed E-state index contributed by atoms with van der Waals surface area (Å²) in [5.41, 5.74) is 0.403. The molecule has 2 rings (SSSR count). The minimum atomic E-state index is 0.403. The number of rotatable bonds is 2. The van der Waals surface area contributed by atoms with E-state index in [9.17, 15) is 0 Å². The molecule has 0 bridgehead atoms. The van der Waals surface area contributed by atoms with Gasteiger partial charge >= 0.3 is 0 Å². The Labute approximate surface area is 55.6 Å². The molecule has 2 aliphatic rings. The van der Waals surface area contributed by atoms with Crippen molar-refractivity contribution in [2.24, 2.45) is 5.92 Å². The zero-order valence-electron chi connectivity index (χ0n) is 5.81. The van der Waals surface area contributed by atoms with E-state index in [1.807, 2.05) is 7.05 Å². The van der Waals surface area contributed by atoms with Crippen LogP contribution in [0.4, 0.5) is 0 Å². The van der Waals surface area contributed by atoms with Gasteiger partial charge in [-0.1, -0.05) is 0 Å². The highest BCUT2D eigenvalue weighted by molar-refractivity contribution is 5.04. The zero-order chi connectivity index (χ0) is 6.32. The largest absolute Gasteiger partial charge is 0.377 e. The third-order valence-corrected chi connectivity index (χ3v) is 2.58. The lowest BCUT2D eigenvalue weighted by molar-refractivity contribution is -0.0823. The van der Waals surface area contributed by atoms with E-state index in [0.717, 1.165) is 19.1 Å². The first kappa shape index (κ1) is 5.69. The number of ether oxygens (including phenoxy) is 1. The van der Waals surface area contributed by atoms with E-state index in [4.69, 9.17) is 4.74 Å². The van der Waals surface area contributed by atoms with Gasteiger partial charge in [0.25, 0.3) is 0 Å². The molecular weight excluding hydrogens is 114 g/mol. The summed E-state index contributed by atoms with van der Waals surface area (Å²) in [6, 6.07) is 0. The lowest BCUT2D eigenvalue weighted by Crippen LogP contribution is -2.60. The topological polar surface area (TPSA) is 21.3 Å². The summed E-state index contributed by atoms with van der Waals surface area (Å²) in [6.45, 7) is 1.88. The fourth-order valence-electron chi connectivity index (χ4n) is 1.54. The van der Waals surface area contributed by atoms with Gasteiger partial charge < -0.3 is 10.1 Å². The van der Waals surface area contributed by atoms with Crippen molar-refractivity contribution in [1.29, 1.82) is 0 Å². The number of nitrogens with one attached hydrogen (secondary N) is 1. The molecule has 1 N–H and O–H groups in total. The Kier molecular flexibility index (Phi) is 1.08. The van der Waals surface area contributed by atoms with Crippen molar-refractivity contribution in [2.75, 3.05) is 20.3 Å². The van der Waals surface area contributed by atoms with E-state index < -0.39 is 0 Å². The predicted molar refractivity (Wildman–Crippen MR) is 35.3 cm³/mol. The summed E-state index contributed by atoms with van der Waals surface area (Å²) >= 11 is 0. The first-order valence-electron chi connectivity index (χ1n) is 3.64. The van der Waals surface area contributed by atoms with Crippen LogP contribution in [-0.4, -0.2) is 25.8 Å². The average Bonchev–Trinajstić information content (AvgIpc) is 2.47. The molecular formula is C7H13NO. The first-order valence-corrected chi connectivity index (χ1v) is 3.64. The van der Waals surface area contributed by atoms with Crippen molar-refractivity contribution in [1.82, 2.24) is 5.32 Å². The molecule has 0 amide bonds. The molecule has 1 heterocycles. The molecule has 1 saturated carbocycles. The van der Waals surface area contributed by atoms with Gasteiger partial charge in [-0.3, -0.25) is 0 Å². The first-order chi connectivity index (χ1) is 4.37. The van der Waals surface area contributed by atoms with E-state index in [1.165, 1.54) is 12.8 Å². The normalized spacial score (nSPS) is 31.7. The minimum Gasteiger partial charge on any atom is -0.377 e. The van der Waals surface area contributed by atoms with Crippen LogP contribution in [0.2, 0.25) is 0 Å². The van der Waals surface area contributed by atoms with Gasteiger partial charge in [-0.05, 0) is 25.8 Å². The Morgan fingerprint density at radius 3 is 2.22 bits per heavy atom. The molecule has 1 aliphatic carbocycles. The standard InChI is InChI=1S/C7H13NO/c1-8-7(4-9-5-7)6-2-3-6/h6,8H,2-5H2,1H3. The molecule has 0 atom stereocenters. The van der Waals surface area contributed by atoms with Crippen LogP contribution < -0.4 is 5.32 Å². The Bertz CT molecular complexity index is 111. The van der Waals surface area contributed by atoms with Crippen LogP contribution >= 0.6 is 0 Å². The Hall–Kier alpha value is -0.0800. The summed E-state index contributed by atoms with van der Waals surface area (Å²) in [6.07, 6.45) is 2.81. The minimum absolute atomic E-state index is 0.403. The van der Waals surface area contributed by atoms with Gasteiger partial charge in [0.2, 0.25) is 0 Å². The second-order valence-electron chi connectivity index (χ2n) is 3.17. The molecule has 52 valence electrons. The molecule has 1 aliphatic heterocycles. The summed E-state index contributed by atoms with van der Waals surface area (Å²) in [4.78, 5) is 0. The summed E-state index contributed by atoms with van der Waals surface area (Å²) in [7, 11) is 2.04. The van der Waals surface area contributed by atoms with E-state index in [0.29, 0.717) is 5.54 Å². The predicted octanol–water partition coefficient (Wildman–Crippen LogP) is 0.385. The summed E-state index contributed by atoms with van der Waals surface area (Å²) < 4.78 is 5.17. The molecule has 0 aromatic rings. The Morgan fingerprint density at radius 2 is 2.11 bits per heavy atom. The zero-order valence-corrected chi connectivity index (χ0v) is 5.81. The van der Waals surface area contributed by atoms with E-state index in [-0.39, 0.29) is 0 Å². The van der Waals surface area contributed by atoms with Gasteiger partial charge in [-0.15, -0.1) is 0 Å². The highest BCUT2D eigenvalue weighted by Gasteiger charge is 2.49. The van der Waals surface area contributed by atoms with Crippen LogP contribution in [0.5, 0.6) is 0 Å².